The molecule has 7 nitrogen and oxygen atoms in total. The summed E-state index contributed by atoms with van der Waals surface area (Å²) in [6.45, 7) is 3.18. The van der Waals surface area contributed by atoms with Crippen LogP contribution in [-0.2, 0) is 19.8 Å². The maximum atomic E-state index is 13.4. The maximum absolute atomic E-state index is 13.4. The van der Waals surface area contributed by atoms with Crippen molar-refractivity contribution in [1.29, 1.82) is 0 Å². The Kier molecular flexibility index (Phi) is 7.40. The molecule has 11 heteroatoms. The van der Waals surface area contributed by atoms with E-state index in [9.17, 15) is 27.9 Å². The number of benzene rings is 2. The van der Waals surface area contributed by atoms with Gasteiger partial charge in [0.25, 0.3) is 5.69 Å². The molecule has 1 unspecified atom stereocenters. The second kappa shape index (κ2) is 9.39. The van der Waals surface area contributed by atoms with E-state index in [2.05, 4.69) is 5.32 Å². The van der Waals surface area contributed by atoms with E-state index < -0.39 is 30.0 Å². The number of nitrogens with zero attached hydrogens (tertiary/aromatic N) is 1. The van der Waals surface area contributed by atoms with E-state index >= 15 is 0 Å². The third kappa shape index (κ3) is 5.79. The summed E-state index contributed by atoms with van der Waals surface area (Å²) < 4.78 is 63.2. The number of anilines is 1. The van der Waals surface area contributed by atoms with Gasteiger partial charge in [0, 0.05) is 17.8 Å². The number of alkyl halides is 3. The minimum Gasteiger partial charge on any atom is -0.368 e. The molecule has 1 N–H and O–H groups in total. The summed E-state index contributed by atoms with van der Waals surface area (Å²) in [5, 5.41) is 13.9. The molecule has 0 aliphatic carbocycles. The number of non-ortho nitro benzene ring substituents is 1. The minimum atomic E-state index is -4.57. The lowest BCUT2D eigenvalue weighted by atomic mass is 10.1. The van der Waals surface area contributed by atoms with Crippen molar-refractivity contribution >= 4 is 19.0 Å². The Morgan fingerprint density at radius 2 is 1.72 bits per heavy atom. The summed E-state index contributed by atoms with van der Waals surface area (Å²) >= 11 is 0. The van der Waals surface area contributed by atoms with Crippen molar-refractivity contribution in [3.8, 4) is 0 Å². The molecule has 2 rings (SSSR count). The number of nitro benzene ring substituents is 1. The van der Waals surface area contributed by atoms with E-state index in [0.717, 1.165) is 12.1 Å². The van der Waals surface area contributed by atoms with Crippen molar-refractivity contribution in [1.82, 2.24) is 0 Å². The molecule has 158 valence electrons. The van der Waals surface area contributed by atoms with Crippen molar-refractivity contribution in [2.45, 2.75) is 25.8 Å². The highest BCUT2D eigenvalue weighted by Crippen LogP contribution is 2.61. The van der Waals surface area contributed by atoms with E-state index in [-0.39, 0.29) is 30.2 Å². The average molecular weight is 432 g/mol. The number of nitrogens with one attached hydrogen (secondary N) is 1. The lowest BCUT2D eigenvalue weighted by Crippen LogP contribution is -2.16. The molecular formula is C18H20F3N2O5P. The highest BCUT2D eigenvalue weighted by molar-refractivity contribution is 7.54. The highest BCUT2D eigenvalue weighted by Gasteiger charge is 2.38. The molecule has 0 spiro atoms. The molecule has 2 aromatic carbocycles. The van der Waals surface area contributed by atoms with Gasteiger partial charge in [-0.2, -0.15) is 13.2 Å². The van der Waals surface area contributed by atoms with Gasteiger partial charge < -0.3 is 14.4 Å². The molecule has 0 aliphatic rings. The van der Waals surface area contributed by atoms with Crippen LogP contribution in [0.2, 0.25) is 0 Å². The van der Waals surface area contributed by atoms with E-state index in [4.69, 9.17) is 9.05 Å². The molecule has 29 heavy (non-hydrogen) atoms. The van der Waals surface area contributed by atoms with Crippen LogP contribution < -0.4 is 5.32 Å². The van der Waals surface area contributed by atoms with E-state index in [1.54, 1.807) is 13.8 Å². The highest BCUT2D eigenvalue weighted by atomic mass is 31.2. The first-order chi connectivity index (χ1) is 13.6. The fraction of sp³-hybridized carbons (Fsp3) is 0.333. The van der Waals surface area contributed by atoms with Crippen LogP contribution in [0.15, 0.2) is 48.5 Å². The van der Waals surface area contributed by atoms with Crippen LogP contribution >= 0.6 is 7.60 Å². The Hall–Kier alpha value is -2.42. The first-order valence-electron chi connectivity index (χ1n) is 8.67. The van der Waals surface area contributed by atoms with Gasteiger partial charge in [0.1, 0.15) is 0 Å². The minimum absolute atomic E-state index is 0.00692. The first kappa shape index (κ1) is 22.9. The van der Waals surface area contributed by atoms with Crippen LogP contribution in [0.1, 0.15) is 30.8 Å². The SMILES string of the molecule is CCOP(=O)(OCC)C(Nc1cccc(C(F)(F)F)c1)c1cccc([N+](=O)[O-])c1. The Morgan fingerprint density at radius 3 is 2.28 bits per heavy atom. The summed E-state index contributed by atoms with van der Waals surface area (Å²) in [6, 6.07) is 9.58. The van der Waals surface area contributed by atoms with Crippen LogP contribution in [-0.4, -0.2) is 18.1 Å². The van der Waals surface area contributed by atoms with Crippen LogP contribution in [0.5, 0.6) is 0 Å². The molecule has 0 bridgehead atoms. The van der Waals surface area contributed by atoms with Gasteiger partial charge in [0.2, 0.25) is 0 Å². The lowest BCUT2D eigenvalue weighted by molar-refractivity contribution is -0.384. The number of rotatable bonds is 9. The average Bonchev–Trinajstić information content (AvgIpc) is 2.66. The van der Waals surface area contributed by atoms with Gasteiger partial charge in [-0.25, -0.2) is 0 Å². The standard InChI is InChI=1S/C18H20F3N2O5P/c1-3-27-29(26,28-4-2)17(13-7-5-10-16(11-13)23(24)25)22-15-9-6-8-14(12-15)18(19,20)21/h5-12,17,22H,3-4H2,1-2H3. The zero-order valence-electron chi connectivity index (χ0n) is 15.7. The number of halogens is 3. The molecular weight excluding hydrogens is 412 g/mol. The first-order valence-corrected chi connectivity index (χ1v) is 10.3. The van der Waals surface area contributed by atoms with Gasteiger partial charge in [-0.1, -0.05) is 18.2 Å². The normalized spacial score (nSPS) is 13.1. The van der Waals surface area contributed by atoms with Crippen molar-refractivity contribution in [2.24, 2.45) is 0 Å². The van der Waals surface area contributed by atoms with Crippen LogP contribution in [0.4, 0.5) is 24.5 Å². The van der Waals surface area contributed by atoms with Crippen LogP contribution in [0.25, 0.3) is 0 Å². The molecule has 1 atom stereocenters. The summed E-state index contributed by atoms with van der Waals surface area (Å²) in [6.07, 6.45) is -4.57. The Balaban J connectivity index is 2.54. The summed E-state index contributed by atoms with van der Waals surface area (Å²) in [5.74, 6) is -1.26. The maximum Gasteiger partial charge on any atom is 0.416 e. The Bertz CT molecular complexity index is 897. The van der Waals surface area contributed by atoms with E-state index in [0.29, 0.717) is 0 Å². The molecule has 0 heterocycles. The zero-order valence-corrected chi connectivity index (χ0v) is 16.6. The molecule has 0 saturated carbocycles. The number of nitro groups is 1. The quantitative estimate of drug-likeness (QED) is 0.297. The van der Waals surface area contributed by atoms with Crippen molar-refractivity contribution in [3.63, 3.8) is 0 Å². The zero-order chi connectivity index (χ0) is 21.7. The predicted octanol–water partition coefficient (Wildman–Crippen LogP) is 5.99. The third-order valence-corrected chi connectivity index (χ3v) is 6.12. The van der Waals surface area contributed by atoms with E-state index in [1.165, 1.54) is 36.4 Å². The van der Waals surface area contributed by atoms with Crippen LogP contribution in [0, 0.1) is 10.1 Å². The molecule has 0 aromatic heterocycles. The molecule has 0 amide bonds. The Morgan fingerprint density at radius 1 is 1.10 bits per heavy atom. The largest absolute Gasteiger partial charge is 0.416 e. The summed E-state index contributed by atoms with van der Waals surface area (Å²) in [7, 11) is -3.94. The van der Waals surface area contributed by atoms with E-state index in [1.807, 2.05) is 0 Å². The molecule has 2 aromatic rings. The van der Waals surface area contributed by atoms with Gasteiger partial charge in [-0.3, -0.25) is 14.7 Å². The molecule has 0 saturated heterocycles. The van der Waals surface area contributed by atoms with Gasteiger partial charge in [0.05, 0.1) is 23.7 Å². The van der Waals surface area contributed by atoms with Crippen molar-refractivity contribution < 1.29 is 31.7 Å². The van der Waals surface area contributed by atoms with Gasteiger partial charge in [-0.05, 0) is 37.6 Å². The fourth-order valence-electron chi connectivity index (χ4n) is 2.64. The topological polar surface area (TPSA) is 90.7 Å². The number of hydrogen-bond acceptors (Lipinski definition) is 6. The van der Waals surface area contributed by atoms with Crippen molar-refractivity contribution in [3.05, 3.63) is 69.8 Å². The molecule has 0 radical (unpaired) electrons. The second-order valence-electron chi connectivity index (χ2n) is 5.85. The molecule has 0 fully saturated rings. The third-order valence-electron chi connectivity index (χ3n) is 3.82. The van der Waals surface area contributed by atoms with Gasteiger partial charge in [0.15, 0.2) is 5.78 Å². The Labute approximate surface area is 165 Å². The van der Waals surface area contributed by atoms with Gasteiger partial charge >= 0.3 is 13.8 Å². The van der Waals surface area contributed by atoms with Crippen molar-refractivity contribution in [2.75, 3.05) is 18.5 Å². The number of hydrogen-bond donors (Lipinski definition) is 1. The van der Waals surface area contributed by atoms with Gasteiger partial charge in [-0.15, -0.1) is 0 Å². The molecule has 0 aliphatic heterocycles. The predicted molar refractivity (Wildman–Crippen MR) is 102 cm³/mol. The summed E-state index contributed by atoms with van der Waals surface area (Å²) in [5.41, 5.74) is -0.973. The second-order valence-corrected chi connectivity index (χ2v) is 7.97. The fourth-order valence-corrected chi connectivity index (χ4v) is 4.57. The smallest absolute Gasteiger partial charge is 0.368 e. The monoisotopic (exact) mass is 432 g/mol. The summed E-state index contributed by atoms with van der Waals surface area (Å²) in [4.78, 5) is 10.5. The van der Waals surface area contributed by atoms with Crippen LogP contribution in [0.3, 0.4) is 0 Å². The lowest BCUT2D eigenvalue weighted by Gasteiger charge is -2.28.